The van der Waals surface area contributed by atoms with Crippen LogP contribution < -0.4 is 9.80 Å². The molecule has 0 aliphatic heterocycles. The van der Waals surface area contributed by atoms with Crippen molar-refractivity contribution in [3.8, 4) is 0 Å². The van der Waals surface area contributed by atoms with Crippen LogP contribution in [-0.4, -0.2) is 33.0 Å². The highest BCUT2D eigenvalue weighted by molar-refractivity contribution is 6.32. The number of allylic oxidation sites excluding steroid dienone is 2. The number of carbonyl (C=O) groups is 1. The van der Waals surface area contributed by atoms with Crippen molar-refractivity contribution in [3.63, 3.8) is 0 Å². The van der Waals surface area contributed by atoms with Gasteiger partial charge in [-0.2, -0.15) is 0 Å². The summed E-state index contributed by atoms with van der Waals surface area (Å²) in [6.07, 6.45) is 5.49. The van der Waals surface area contributed by atoms with Crippen molar-refractivity contribution in [2.24, 2.45) is 0 Å². The highest BCUT2D eigenvalue weighted by Gasteiger charge is 2.23. The van der Waals surface area contributed by atoms with Gasteiger partial charge in [0, 0.05) is 54.7 Å². The minimum Gasteiger partial charge on any atom is -0.378 e. The predicted molar refractivity (Wildman–Crippen MR) is 126 cm³/mol. The Morgan fingerprint density at radius 2 is 1.48 bits per heavy atom. The Balaban J connectivity index is 1.79. The molecule has 0 unspecified atom stereocenters. The van der Waals surface area contributed by atoms with E-state index < -0.39 is 0 Å². The van der Waals surface area contributed by atoms with E-state index in [0.29, 0.717) is 5.02 Å². The molecule has 0 radical (unpaired) electrons. The summed E-state index contributed by atoms with van der Waals surface area (Å²) < 4.78 is 0. The van der Waals surface area contributed by atoms with Crippen molar-refractivity contribution < 1.29 is 4.79 Å². The van der Waals surface area contributed by atoms with Gasteiger partial charge in [0.15, 0.2) is 5.78 Å². The van der Waals surface area contributed by atoms with Crippen LogP contribution in [0, 0.1) is 0 Å². The zero-order valence-electron chi connectivity index (χ0n) is 17.7. The van der Waals surface area contributed by atoms with E-state index >= 15 is 0 Å². The maximum Gasteiger partial charge on any atom is 0.185 e. The monoisotopic (exact) mass is 408 g/mol. The van der Waals surface area contributed by atoms with Gasteiger partial charge in [-0.15, -0.1) is 0 Å². The van der Waals surface area contributed by atoms with Crippen LogP contribution in [0.1, 0.15) is 37.8 Å². The van der Waals surface area contributed by atoms with Gasteiger partial charge in [-0.05, 0) is 74.2 Å². The van der Waals surface area contributed by atoms with Crippen molar-refractivity contribution in [2.45, 2.75) is 26.7 Å². The lowest BCUT2D eigenvalue weighted by atomic mass is 10.1. The molecule has 0 atom stereocenters. The second-order valence-corrected chi connectivity index (χ2v) is 7.94. The summed E-state index contributed by atoms with van der Waals surface area (Å²) in [4.78, 5) is 17.2. The summed E-state index contributed by atoms with van der Waals surface area (Å²) in [5.41, 5.74) is 5.92. The van der Waals surface area contributed by atoms with Crippen LogP contribution in [-0.2, 0) is 4.79 Å². The van der Waals surface area contributed by atoms with Crippen LogP contribution in [0.3, 0.4) is 0 Å². The molecule has 1 saturated carbocycles. The molecule has 0 saturated heterocycles. The molecule has 152 valence electrons. The van der Waals surface area contributed by atoms with Gasteiger partial charge < -0.3 is 9.80 Å². The van der Waals surface area contributed by atoms with Crippen molar-refractivity contribution in [2.75, 3.05) is 37.0 Å². The van der Waals surface area contributed by atoms with Crippen molar-refractivity contribution >= 4 is 40.9 Å². The summed E-state index contributed by atoms with van der Waals surface area (Å²) in [5, 5.41) is 0.686. The standard InChI is InChI=1S/C25H29ClN2O/c1-5-28(6-2)23-14-11-19(24(26)17-23)16-21-10-9-20(25(21)29)15-18-7-12-22(13-8-18)27(3)4/h7-8,11-17H,5-6,9-10H2,1-4H3/b20-15-,21-16-. The molecule has 3 nitrogen and oxygen atoms in total. The normalized spacial score (nSPS) is 16.7. The molecule has 2 aromatic carbocycles. The molecule has 1 aliphatic carbocycles. The van der Waals surface area contributed by atoms with Gasteiger partial charge in [-0.25, -0.2) is 0 Å². The Morgan fingerprint density at radius 3 is 2.03 bits per heavy atom. The van der Waals surface area contributed by atoms with Gasteiger partial charge in [0.2, 0.25) is 0 Å². The van der Waals surface area contributed by atoms with Gasteiger partial charge in [0.1, 0.15) is 0 Å². The first-order chi connectivity index (χ1) is 13.9. The van der Waals surface area contributed by atoms with Crippen molar-refractivity contribution in [3.05, 3.63) is 69.8 Å². The lowest BCUT2D eigenvalue weighted by Gasteiger charge is -2.21. The topological polar surface area (TPSA) is 23.6 Å². The molecule has 2 aromatic rings. The van der Waals surface area contributed by atoms with Crippen LogP contribution in [0.2, 0.25) is 5.02 Å². The molecular formula is C25H29ClN2O. The zero-order chi connectivity index (χ0) is 21.0. The molecule has 0 aromatic heterocycles. The summed E-state index contributed by atoms with van der Waals surface area (Å²) in [5.74, 6) is 0.130. The summed E-state index contributed by atoms with van der Waals surface area (Å²) in [7, 11) is 4.04. The Hall–Kier alpha value is -2.52. The van der Waals surface area contributed by atoms with Crippen LogP contribution in [0.25, 0.3) is 12.2 Å². The summed E-state index contributed by atoms with van der Waals surface area (Å²) >= 11 is 6.52. The zero-order valence-corrected chi connectivity index (χ0v) is 18.5. The molecule has 4 heteroatoms. The minimum absolute atomic E-state index is 0.130. The minimum atomic E-state index is 0.130. The number of hydrogen-bond acceptors (Lipinski definition) is 3. The van der Waals surface area contributed by atoms with E-state index in [1.165, 1.54) is 0 Å². The number of benzene rings is 2. The molecule has 1 aliphatic rings. The third-order valence-corrected chi connectivity index (χ3v) is 5.77. The highest BCUT2D eigenvalue weighted by atomic mass is 35.5. The van der Waals surface area contributed by atoms with Crippen LogP contribution in [0.4, 0.5) is 11.4 Å². The average Bonchev–Trinajstić information content (AvgIpc) is 3.05. The van der Waals surface area contributed by atoms with E-state index in [9.17, 15) is 4.79 Å². The number of rotatable bonds is 6. The van der Waals surface area contributed by atoms with Gasteiger partial charge in [0.25, 0.3) is 0 Å². The second kappa shape index (κ2) is 9.32. The van der Waals surface area contributed by atoms with Crippen LogP contribution in [0.15, 0.2) is 53.6 Å². The summed E-state index contributed by atoms with van der Waals surface area (Å²) in [6.45, 7) is 6.14. The maximum atomic E-state index is 12.9. The third-order valence-electron chi connectivity index (χ3n) is 5.44. The van der Waals surface area contributed by atoms with Gasteiger partial charge in [-0.3, -0.25) is 4.79 Å². The average molecular weight is 409 g/mol. The largest absolute Gasteiger partial charge is 0.378 e. The number of Topliss-reactive ketones (excluding diaryl/α,β-unsaturated/α-hetero) is 1. The Kier molecular flexibility index (Phi) is 6.81. The van der Waals surface area contributed by atoms with Crippen LogP contribution >= 0.6 is 11.6 Å². The van der Waals surface area contributed by atoms with Crippen LogP contribution in [0.5, 0.6) is 0 Å². The fourth-order valence-corrected chi connectivity index (χ4v) is 3.88. The quantitative estimate of drug-likeness (QED) is 0.541. The first-order valence-electron chi connectivity index (χ1n) is 10.2. The molecule has 0 bridgehead atoms. The predicted octanol–water partition coefficient (Wildman–Crippen LogP) is 6.08. The lowest BCUT2D eigenvalue weighted by molar-refractivity contribution is -0.111. The third kappa shape index (κ3) is 4.91. The van der Waals surface area contributed by atoms with E-state index in [1.807, 2.05) is 38.4 Å². The highest BCUT2D eigenvalue weighted by Crippen LogP contribution is 2.32. The fraction of sp³-hybridized carbons (Fsp3) is 0.320. The molecule has 0 amide bonds. The number of carbonyl (C=O) groups excluding carboxylic acids is 1. The SMILES string of the molecule is CCN(CC)c1ccc(/C=C2/CC/C(=C/c3ccc(N(C)C)cc3)C2=O)c(Cl)c1. The van der Waals surface area contributed by atoms with E-state index in [1.54, 1.807) is 0 Å². The number of halogens is 1. The van der Waals surface area contributed by atoms with Gasteiger partial charge in [-0.1, -0.05) is 29.8 Å². The Bertz CT molecular complexity index is 938. The van der Waals surface area contributed by atoms with Crippen molar-refractivity contribution in [1.82, 2.24) is 0 Å². The second-order valence-electron chi connectivity index (χ2n) is 7.53. The molecule has 29 heavy (non-hydrogen) atoms. The van der Waals surface area contributed by atoms with Gasteiger partial charge >= 0.3 is 0 Å². The summed E-state index contributed by atoms with van der Waals surface area (Å²) in [6, 6.07) is 14.3. The number of ketones is 1. The van der Waals surface area contributed by atoms with E-state index in [2.05, 4.69) is 54.0 Å². The Morgan fingerprint density at radius 1 is 0.897 bits per heavy atom. The number of anilines is 2. The molecular weight excluding hydrogens is 380 g/mol. The Labute approximate surface area is 179 Å². The molecule has 0 spiro atoms. The fourth-order valence-electron chi connectivity index (χ4n) is 3.65. The molecule has 1 fully saturated rings. The lowest BCUT2D eigenvalue weighted by Crippen LogP contribution is -2.21. The van der Waals surface area contributed by atoms with Gasteiger partial charge in [0.05, 0.1) is 0 Å². The molecule has 0 N–H and O–H groups in total. The smallest absolute Gasteiger partial charge is 0.185 e. The molecule has 3 rings (SSSR count). The van der Waals surface area contributed by atoms with E-state index in [0.717, 1.165) is 59.6 Å². The van der Waals surface area contributed by atoms with E-state index in [4.69, 9.17) is 11.6 Å². The first-order valence-corrected chi connectivity index (χ1v) is 10.6. The number of nitrogens with zero attached hydrogens (tertiary/aromatic N) is 2. The van der Waals surface area contributed by atoms with Crippen molar-refractivity contribution in [1.29, 1.82) is 0 Å². The van der Waals surface area contributed by atoms with E-state index in [-0.39, 0.29) is 5.78 Å². The molecule has 0 heterocycles. The number of hydrogen-bond donors (Lipinski definition) is 0. The maximum absolute atomic E-state index is 12.9. The first kappa shape index (κ1) is 21.2.